The lowest BCUT2D eigenvalue weighted by Gasteiger charge is -2.24. The zero-order chi connectivity index (χ0) is 19.1. The number of nitrogens with zero attached hydrogens (tertiary/aromatic N) is 2. The second kappa shape index (κ2) is 6.44. The van der Waals surface area contributed by atoms with E-state index in [1.165, 1.54) is 0 Å². The van der Waals surface area contributed by atoms with Gasteiger partial charge in [-0.15, -0.1) is 5.10 Å². The Morgan fingerprint density at radius 1 is 1.23 bits per heavy atom. The second-order valence-electron chi connectivity index (χ2n) is 7.75. The molecule has 3 N–H and O–H groups in total. The summed E-state index contributed by atoms with van der Waals surface area (Å²) in [5.74, 6) is -1.15. The van der Waals surface area contributed by atoms with Crippen LogP contribution in [0.3, 0.4) is 0 Å². The van der Waals surface area contributed by atoms with Gasteiger partial charge in [0, 0.05) is 16.7 Å². The highest BCUT2D eigenvalue weighted by atomic mass is 16.4. The van der Waals surface area contributed by atoms with Crippen molar-refractivity contribution in [1.82, 2.24) is 15.4 Å². The number of H-pyrrole nitrogens is 1. The lowest BCUT2D eigenvalue weighted by atomic mass is 9.82. The number of phenols is 1. The van der Waals surface area contributed by atoms with Gasteiger partial charge in [-0.05, 0) is 29.5 Å². The molecule has 2 aromatic carbocycles. The van der Waals surface area contributed by atoms with Crippen molar-refractivity contribution < 1.29 is 15.0 Å². The Morgan fingerprint density at radius 3 is 2.62 bits per heavy atom. The summed E-state index contributed by atoms with van der Waals surface area (Å²) in [4.78, 5) is 11.3. The Balaban J connectivity index is 2.23. The fourth-order valence-electron chi connectivity index (χ4n) is 3.12. The molecule has 0 amide bonds. The zero-order valence-electron chi connectivity index (χ0n) is 15.4. The predicted octanol–water partition coefficient (Wildman–Crippen LogP) is 3.89. The minimum absolute atomic E-state index is 0.194. The summed E-state index contributed by atoms with van der Waals surface area (Å²) in [6.45, 7) is 7.75. The van der Waals surface area contributed by atoms with Crippen molar-refractivity contribution in [2.45, 2.75) is 39.5 Å². The van der Waals surface area contributed by atoms with E-state index in [2.05, 4.69) is 15.4 Å². The standard InChI is InChI=1S/C20H23N3O3/c1-11(19(25)26)8-12-9-14(18(24)15(10-12)20(2,3)4)13-6-5-7-16-17(13)22-23-21-16/h5-7,9-11,24H,8H2,1-4H3,(H,25,26)(H,21,22,23). The van der Waals surface area contributed by atoms with E-state index in [0.29, 0.717) is 17.5 Å². The fourth-order valence-corrected chi connectivity index (χ4v) is 3.12. The predicted molar refractivity (Wildman–Crippen MR) is 100 cm³/mol. The van der Waals surface area contributed by atoms with Crippen LogP contribution in [0.25, 0.3) is 22.2 Å². The van der Waals surface area contributed by atoms with Crippen molar-refractivity contribution in [1.29, 1.82) is 0 Å². The van der Waals surface area contributed by atoms with Gasteiger partial charge >= 0.3 is 5.97 Å². The molecule has 0 spiro atoms. The molecule has 0 saturated carbocycles. The van der Waals surface area contributed by atoms with E-state index < -0.39 is 11.9 Å². The molecule has 0 aliphatic rings. The Labute approximate surface area is 151 Å². The molecule has 3 aromatic rings. The SMILES string of the molecule is CC(Cc1cc(-c2cccc3[nH]nnc23)c(O)c(C(C)(C)C)c1)C(=O)O. The maximum absolute atomic E-state index is 11.3. The molecule has 0 aliphatic heterocycles. The Kier molecular flexibility index (Phi) is 4.44. The number of benzene rings is 2. The number of fused-ring (bicyclic) bond motifs is 1. The summed E-state index contributed by atoms with van der Waals surface area (Å²) in [6.07, 6.45) is 0.389. The van der Waals surface area contributed by atoms with E-state index in [9.17, 15) is 15.0 Å². The van der Waals surface area contributed by atoms with Crippen LogP contribution in [-0.2, 0) is 16.6 Å². The number of aromatic nitrogens is 3. The van der Waals surface area contributed by atoms with Crippen LogP contribution in [0.5, 0.6) is 5.75 Å². The second-order valence-corrected chi connectivity index (χ2v) is 7.75. The van der Waals surface area contributed by atoms with Crippen molar-refractivity contribution >= 4 is 17.0 Å². The number of aromatic hydroxyl groups is 1. The van der Waals surface area contributed by atoms with Crippen LogP contribution in [0.4, 0.5) is 0 Å². The number of aliphatic carboxylic acids is 1. The normalized spacial score (nSPS) is 13.1. The van der Waals surface area contributed by atoms with E-state index in [1.807, 2.05) is 51.1 Å². The van der Waals surface area contributed by atoms with Crippen LogP contribution >= 0.6 is 0 Å². The third kappa shape index (κ3) is 3.27. The largest absolute Gasteiger partial charge is 0.507 e. The van der Waals surface area contributed by atoms with Crippen molar-refractivity contribution in [3.8, 4) is 16.9 Å². The fraction of sp³-hybridized carbons (Fsp3) is 0.350. The zero-order valence-corrected chi connectivity index (χ0v) is 15.4. The quantitative estimate of drug-likeness (QED) is 0.661. The number of hydrogen-bond acceptors (Lipinski definition) is 4. The average molecular weight is 353 g/mol. The summed E-state index contributed by atoms with van der Waals surface area (Å²) in [5.41, 5.74) is 4.23. The number of hydrogen-bond donors (Lipinski definition) is 3. The van der Waals surface area contributed by atoms with Gasteiger partial charge in [0.25, 0.3) is 0 Å². The maximum atomic E-state index is 11.3. The Morgan fingerprint density at radius 2 is 1.96 bits per heavy atom. The smallest absolute Gasteiger partial charge is 0.306 e. The van der Waals surface area contributed by atoms with Crippen LogP contribution in [0.15, 0.2) is 30.3 Å². The van der Waals surface area contributed by atoms with E-state index in [1.54, 1.807) is 6.92 Å². The van der Waals surface area contributed by atoms with Crippen molar-refractivity contribution in [3.05, 3.63) is 41.5 Å². The van der Waals surface area contributed by atoms with Gasteiger partial charge in [-0.25, -0.2) is 0 Å². The molecule has 3 rings (SSSR count). The van der Waals surface area contributed by atoms with E-state index in [4.69, 9.17) is 0 Å². The summed E-state index contributed by atoms with van der Waals surface area (Å²) in [7, 11) is 0. The summed E-state index contributed by atoms with van der Waals surface area (Å²) < 4.78 is 0. The van der Waals surface area contributed by atoms with Gasteiger partial charge < -0.3 is 10.2 Å². The highest BCUT2D eigenvalue weighted by Gasteiger charge is 2.24. The number of carboxylic acids is 1. The molecule has 0 bridgehead atoms. The third-order valence-electron chi connectivity index (χ3n) is 4.59. The molecule has 6 nitrogen and oxygen atoms in total. The first-order valence-corrected chi connectivity index (χ1v) is 8.58. The molecule has 1 heterocycles. The first kappa shape index (κ1) is 17.9. The monoisotopic (exact) mass is 353 g/mol. The van der Waals surface area contributed by atoms with Crippen LogP contribution in [0, 0.1) is 5.92 Å². The Hall–Kier alpha value is -2.89. The van der Waals surface area contributed by atoms with Crippen molar-refractivity contribution in [3.63, 3.8) is 0 Å². The number of rotatable bonds is 4. The van der Waals surface area contributed by atoms with Crippen molar-refractivity contribution in [2.75, 3.05) is 0 Å². The lowest BCUT2D eigenvalue weighted by Crippen LogP contribution is -2.15. The van der Waals surface area contributed by atoms with E-state index in [-0.39, 0.29) is 11.2 Å². The number of nitrogens with one attached hydrogen (secondary N) is 1. The van der Waals surface area contributed by atoms with Crippen molar-refractivity contribution in [2.24, 2.45) is 5.92 Å². The van der Waals surface area contributed by atoms with Gasteiger partial charge in [0.1, 0.15) is 11.3 Å². The van der Waals surface area contributed by atoms with Crippen LogP contribution in [0.1, 0.15) is 38.8 Å². The number of aromatic amines is 1. The van der Waals surface area contributed by atoms with E-state index >= 15 is 0 Å². The first-order valence-electron chi connectivity index (χ1n) is 8.58. The average Bonchev–Trinajstić information content (AvgIpc) is 3.03. The van der Waals surface area contributed by atoms with Gasteiger partial charge in [0.05, 0.1) is 11.4 Å². The van der Waals surface area contributed by atoms with Gasteiger partial charge in [0.2, 0.25) is 0 Å². The molecule has 0 radical (unpaired) electrons. The van der Waals surface area contributed by atoms with Gasteiger partial charge in [-0.1, -0.05) is 51.1 Å². The molecule has 1 unspecified atom stereocenters. The molecule has 6 heteroatoms. The minimum atomic E-state index is -0.837. The molecule has 0 aliphatic carbocycles. The molecule has 26 heavy (non-hydrogen) atoms. The molecule has 0 fully saturated rings. The summed E-state index contributed by atoms with van der Waals surface area (Å²) in [6, 6.07) is 9.39. The van der Waals surface area contributed by atoms with E-state index in [0.717, 1.165) is 22.2 Å². The van der Waals surface area contributed by atoms with Gasteiger partial charge in [-0.2, -0.15) is 0 Å². The van der Waals surface area contributed by atoms with Crippen LogP contribution < -0.4 is 0 Å². The highest BCUT2D eigenvalue weighted by molar-refractivity contribution is 5.93. The molecule has 0 saturated heterocycles. The topological polar surface area (TPSA) is 99.1 Å². The number of phenolic OH excluding ortho intramolecular Hbond substituents is 1. The molecule has 136 valence electrons. The number of carbonyl (C=O) groups is 1. The third-order valence-corrected chi connectivity index (χ3v) is 4.59. The Bertz CT molecular complexity index is 970. The maximum Gasteiger partial charge on any atom is 0.306 e. The van der Waals surface area contributed by atoms with Crippen LogP contribution in [-0.4, -0.2) is 31.6 Å². The summed E-state index contributed by atoms with van der Waals surface area (Å²) >= 11 is 0. The molecular formula is C20H23N3O3. The first-order chi connectivity index (χ1) is 12.2. The molecule has 1 aromatic heterocycles. The molecule has 1 atom stereocenters. The van der Waals surface area contributed by atoms with Gasteiger partial charge in [0.15, 0.2) is 0 Å². The van der Waals surface area contributed by atoms with Gasteiger partial charge in [-0.3, -0.25) is 9.89 Å². The summed E-state index contributed by atoms with van der Waals surface area (Å²) in [5, 5.41) is 31.0. The van der Waals surface area contributed by atoms with Crippen LogP contribution in [0.2, 0.25) is 0 Å². The number of carboxylic acid groups (broad SMARTS) is 1. The molecular weight excluding hydrogens is 330 g/mol. The highest BCUT2D eigenvalue weighted by Crippen LogP contribution is 2.41. The minimum Gasteiger partial charge on any atom is -0.507 e. The lowest BCUT2D eigenvalue weighted by molar-refractivity contribution is -0.141.